The lowest BCUT2D eigenvalue weighted by Gasteiger charge is -2.09. The van der Waals surface area contributed by atoms with Crippen molar-refractivity contribution in [1.82, 2.24) is 9.97 Å². The fourth-order valence-corrected chi connectivity index (χ4v) is 2.74. The molecule has 2 aromatic heterocycles. The first kappa shape index (κ1) is 16.7. The van der Waals surface area contributed by atoms with Crippen molar-refractivity contribution in [3.8, 4) is 22.9 Å². The lowest BCUT2D eigenvalue weighted by atomic mass is 10.0. The highest BCUT2D eigenvalue weighted by Crippen LogP contribution is 2.28. The molecule has 0 spiro atoms. The lowest BCUT2D eigenvalue weighted by Crippen LogP contribution is -2.00. The van der Waals surface area contributed by atoms with Crippen LogP contribution in [0.5, 0.6) is 11.6 Å². The first-order chi connectivity index (χ1) is 13.1. The van der Waals surface area contributed by atoms with Gasteiger partial charge in [-0.05, 0) is 54.6 Å². The number of hydrogen-bond acceptors (Lipinski definition) is 4. The Morgan fingerprint density at radius 1 is 1.00 bits per heavy atom. The van der Waals surface area contributed by atoms with Gasteiger partial charge in [-0.3, -0.25) is 0 Å². The Balaban J connectivity index is 1.71. The van der Waals surface area contributed by atoms with E-state index in [-0.39, 0.29) is 10.9 Å². The van der Waals surface area contributed by atoms with E-state index >= 15 is 0 Å². The second-order valence-corrected chi connectivity index (χ2v) is 5.82. The van der Waals surface area contributed by atoms with Crippen molar-refractivity contribution >= 4 is 16.9 Å². The lowest BCUT2D eigenvalue weighted by molar-refractivity contribution is 0.0699. The maximum atomic E-state index is 13.5. The number of halogens is 1. The maximum Gasteiger partial charge on any atom is 0.336 e. The highest BCUT2D eigenvalue weighted by atomic mass is 19.1. The summed E-state index contributed by atoms with van der Waals surface area (Å²) in [6.45, 7) is 0. The largest absolute Gasteiger partial charge is 0.478 e. The van der Waals surface area contributed by atoms with Gasteiger partial charge >= 0.3 is 5.97 Å². The molecule has 0 saturated heterocycles. The molecule has 27 heavy (non-hydrogen) atoms. The molecule has 0 amide bonds. The van der Waals surface area contributed by atoms with Crippen molar-refractivity contribution in [2.24, 2.45) is 0 Å². The summed E-state index contributed by atoms with van der Waals surface area (Å²) in [4.78, 5) is 20.1. The minimum atomic E-state index is -1.13. The number of carboxylic acid groups (broad SMARTS) is 1. The van der Waals surface area contributed by atoms with E-state index in [4.69, 9.17) is 4.74 Å². The van der Waals surface area contributed by atoms with Crippen LogP contribution in [-0.4, -0.2) is 21.0 Å². The molecule has 2 heterocycles. The van der Waals surface area contributed by atoms with Crippen LogP contribution in [0, 0.1) is 5.82 Å². The third kappa shape index (κ3) is 3.46. The highest BCUT2D eigenvalue weighted by molar-refractivity contribution is 6.03. The van der Waals surface area contributed by atoms with E-state index in [0.29, 0.717) is 22.8 Å². The van der Waals surface area contributed by atoms with Crippen molar-refractivity contribution < 1.29 is 19.0 Å². The predicted molar refractivity (Wildman–Crippen MR) is 98.4 cm³/mol. The highest BCUT2D eigenvalue weighted by Gasteiger charge is 2.14. The molecule has 4 rings (SSSR count). The molecule has 0 unspecified atom stereocenters. The number of nitrogens with zero attached hydrogens (tertiary/aromatic N) is 2. The summed E-state index contributed by atoms with van der Waals surface area (Å²) in [6.07, 6.45) is 1.64. The van der Waals surface area contributed by atoms with Gasteiger partial charge < -0.3 is 9.84 Å². The zero-order valence-electron chi connectivity index (χ0n) is 14.0. The number of aromatic carboxylic acids is 1. The summed E-state index contributed by atoms with van der Waals surface area (Å²) in [5, 5.41) is 9.74. The molecular formula is C21H13FN2O3. The standard InChI is InChI=1S/C21H13FN2O3/c22-14-6-9-18-16(11-14)17(21(25)26)12-19(24-18)13-4-7-15(8-5-13)27-20-3-1-2-10-23-20/h1-12H,(H,25,26). The van der Waals surface area contributed by atoms with Gasteiger partial charge in [0.05, 0.1) is 16.8 Å². The molecule has 1 N–H and O–H groups in total. The number of hydrogen-bond donors (Lipinski definition) is 1. The van der Waals surface area contributed by atoms with Crippen LogP contribution >= 0.6 is 0 Å². The number of aromatic nitrogens is 2. The van der Waals surface area contributed by atoms with Crippen molar-refractivity contribution in [1.29, 1.82) is 0 Å². The van der Waals surface area contributed by atoms with E-state index < -0.39 is 11.8 Å². The van der Waals surface area contributed by atoms with Gasteiger partial charge in [0.2, 0.25) is 5.88 Å². The Hall–Kier alpha value is -3.80. The van der Waals surface area contributed by atoms with E-state index in [2.05, 4.69) is 9.97 Å². The quantitative estimate of drug-likeness (QED) is 0.559. The topological polar surface area (TPSA) is 72.3 Å². The smallest absolute Gasteiger partial charge is 0.336 e. The fourth-order valence-electron chi connectivity index (χ4n) is 2.74. The van der Waals surface area contributed by atoms with Gasteiger partial charge in [-0.1, -0.05) is 6.07 Å². The van der Waals surface area contributed by atoms with Gasteiger partial charge in [-0.15, -0.1) is 0 Å². The maximum absolute atomic E-state index is 13.5. The Morgan fingerprint density at radius 2 is 1.81 bits per heavy atom. The molecule has 4 aromatic rings. The molecule has 0 aliphatic rings. The zero-order chi connectivity index (χ0) is 18.8. The fraction of sp³-hybridized carbons (Fsp3) is 0. The van der Waals surface area contributed by atoms with Gasteiger partial charge in [-0.25, -0.2) is 19.2 Å². The van der Waals surface area contributed by atoms with E-state index in [1.807, 2.05) is 6.07 Å². The Morgan fingerprint density at radius 3 is 2.52 bits per heavy atom. The number of fused-ring (bicyclic) bond motifs is 1. The Bertz CT molecular complexity index is 1130. The molecule has 0 aliphatic carbocycles. The van der Waals surface area contributed by atoms with Crippen LogP contribution in [0.25, 0.3) is 22.2 Å². The van der Waals surface area contributed by atoms with Crippen molar-refractivity contribution in [3.05, 3.63) is 84.3 Å². The molecule has 0 aliphatic heterocycles. The SMILES string of the molecule is O=C(O)c1cc(-c2ccc(Oc3ccccn3)cc2)nc2ccc(F)cc12. The summed E-state index contributed by atoms with van der Waals surface area (Å²) in [7, 11) is 0. The second-order valence-electron chi connectivity index (χ2n) is 5.82. The van der Waals surface area contributed by atoms with E-state index in [9.17, 15) is 14.3 Å². The van der Waals surface area contributed by atoms with E-state index in [1.165, 1.54) is 24.3 Å². The molecule has 6 heteroatoms. The average Bonchev–Trinajstić information content (AvgIpc) is 2.68. The second kappa shape index (κ2) is 6.84. The van der Waals surface area contributed by atoms with E-state index in [0.717, 1.165) is 5.56 Å². The molecule has 2 aromatic carbocycles. The van der Waals surface area contributed by atoms with Crippen molar-refractivity contribution in [3.63, 3.8) is 0 Å². The predicted octanol–water partition coefficient (Wildman–Crippen LogP) is 4.93. The number of rotatable bonds is 4. The molecule has 0 radical (unpaired) electrons. The minimum absolute atomic E-state index is 0.00307. The number of pyridine rings is 2. The van der Waals surface area contributed by atoms with Crippen LogP contribution in [0.15, 0.2) is 72.9 Å². The van der Waals surface area contributed by atoms with Crippen LogP contribution in [0.1, 0.15) is 10.4 Å². The Labute approximate surface area is 153 Å². The first-order valence-electron chi connectivity index (χ1n) is 8.13. The van der Waals surface area contributed by atoms with Gasteiger partial charge in [0.1, 0.15) is 11.6 Å². The Kier molecular flexibility index (Phi) is 4.22. The average molecular weight is 360 g/mol. The molecule has 0 saturated carbocycles. The number of ether oxygens (including phenoxy) is 1. The number of carbonyl (C=O) groups is 1. The van der Waals surface area contributed by atoms with Crippen molar-refractivity contribution in [2.45, 2.75) is 0 Å². The summed E-state index contributed by atoms with van der Waals surface area (Å²) >= 11 is 0. The first-order valence-corrected chi connectivity index (χ1v) is 8.13. The van der Waals surface area contributed by atoms with Crippen molar-refractivity contribution in [2.75, 3.05) is 0 Å². The summed E-state index contributed by atoms with van der Waals surface area (Å²) < 4.78 is 19.1. The number of carboxylic acids is 1. The summed E-state index contributed by atoms with van der Waals surface area (Å²) in [6, 6.07) is 17.8. The molecule has 0 bridgehead atoms. The third-order valence-corrected chi connectivity index (χ3v) is 4.01. The van der Waals surface area contributed by atoms with Gasteiger partial charge in [0.15, 0.2) is 0 Å². The van der Waals surface area contributed by atoms with Gasteiger partial charge in [0.25, 0.3) is 0 Å². The monoisotopic (exact) mass is 360 g/mol. The van der Waals surface area contributed by atoms with E-state index in [1.54, 1.807) is 42.6 Å². The van der Waals surface area contributed by atoms with Crippen LogP contribution in [0.4, 0.5) is 4.39 Å². The van der Waals surface area contributed by atoms with Gasteiger partial charge in [0, 0.05) is 23.2 Å². The summed E-state index contributed by atoms with van der Waals surface area (Å²) in [5.41, 5.74) is 1.62. The minimum Gasteiger partial charge on any atom is -0.478 e. The molecule has 0 atom stereocenters. The number of benzene rings is 2. The van der Waals surface area contributed by atoms with Crippen LogP contribution in [-0.2, 0) is 0 Å². The van der Waals surface area contributed by atoms with Crippen LogP contribution < -0.4 is 4.74 Å². The third-order valence-electron chi connectivity index (χ3n) is 4.01. The van der Waals surface area contributed by atoms with Crippen LogP contribution in [0.2, 0.25) is 0 Å². The zero-order valence-corrected chi connectivity index (χ0v) is 14.0. The molecular weight excluding hydrogens is 347 g/mol. The summed E-state index contributed by atoms with van der Waals surface area (Å²) in [5.74, 6) is -0.567. The molecule has 0 fully saturated rings. The van der Waals surface area contributed by atoms with Gasteiger partial charge in [-0.2, -0.15) is 0 Å². The molecule has 5 nitrogen and oxygen atoms in total. The normalized spacial score (nSPS) is 10.7. The molecule has 132 valence electrons. The van der Waals surface area contributed by atoms with Crippen LogP contribution in [0.3, 0.4) is 0 Å².